The average molecular weight is 362 g/mol. The topological polar surface area (TPSA) is 84.5 Å². The fourth-order valence-electron chi connectivity index (χ4n) is 2.44. The minimum atomic E-state index is -3.47. The number of amides is 1. The highest BCUT2D eigenvalue weighted by atomic mass is 32.2. The molecule has 0 radical (unpaired) electrons. The number of carbonyl (C=O) groups excluding carboxylic acids is 1. The summed E-state index contributed by atoms with van der Waals surface area (Å²) in [6.45, 7) is 1.93. The predicted molar refractivity (Wildman–Crippen MR) is 98.1 cm³/mol. The molecule has 6 nitrogen and oxygen atoms in total. The van der Waals surface area contributed by atoms with E-state index in [1.807, 2.05) is 25.1 Å². The lowest BCUT2D eigenvalue weighted by molar-refractivity contribution is -0.116. The summed E-state index contributed by atoms with van der Waals surface area (Å²) in [7, 11) is -1.92. The third-order valence-electron chi connectivity index (χ3n) is 3.57. The van der Waals surface area contributed by atoms with Gasteiger partial charge >= 0.3 is 0 Å². The molecule has 1 atom stereocenters. The van der Waals surface area contributed by atoms with Gasteiger partial charge in [-0.15, -0.1) is 0 Å². The Bertz CT molecular complexity index is 832. The van der Waals surface area contributed by atoms with E-state index in [1.54, 1.807) is 37.4 Å². The molecule has 0 unspecified atom stereocenters. The van der Waals surface area contributed by atoms with Crippen LogP contribution in [0.2, 0.25) is 0 Å². The van der Waals surface area contributed by atoms with Crippen molar-refractivity contribution in [2.75, 3.05) is 18.7 Å². The molecule has 2 N–H and O–H groups in total. The molecule has 0 bridgehead atoms. The predicted octanol–water partition coefficient (Wildman–Crippen LogP) is 2.62. The van der Waals surface area contributed by atoms with Gasteiger partial charge in [0.05, 0.1) is 19.4 Å². The number of carbonyl (C=O) groups is 1. The molecular weight excluding hydrogens is 340 g/mol. The van der Waals surface area contributed by atoms with Crippen LogP contribution in [0.25, 0.3) is 0 Å². The Kier molecular flexibility index (Phi) is 6.17. The number of hydrogen-bond acceptors (Lipinski definition) is 4. The van der Waals surface area contributed by atoms with Crippen LogP contribution in [-0.4, -0.2) is 27.7 Å². The first-order valence-electron chi connectivity index (χ1n) is 7.74. The molecule has 1 amide bonds. The summed E-state index contributed by atoms with van der Waals surface area (Å²) in [5.74, 6) is 0.383. The maximum atomic E-state index is 12.3. The van der Waals surface area contributed by atoms with Crippen LogP contribution >= 0.6 is 0 Å². The Morgan fingerprint density at radius 2 is 1.84 bits per heavy atom. The number of rotatable bonds is 7. The summed E-state index contributed by atoms with van der Waals surface area (Å²) in [4.78, 5) is 12.3. The van der Waals surface area contributed by atoms with Crippen molar-refractivity contribution in [1.82, 2.24) is 4.72 Å². The van der Waals surface area contributed by atoms with Crippen molar-refractivity contribution in [2.45, 2.75) is 19.4 Å². The van der Waals surface area contributed by atoms with E-state index in [4.69, 9.17) is 4.74 Å². The van der Waals surface area contributed by atoms with Gasteiger partial charge in [0.2, 0.25) is 15.9 Å². The number of nitrogens with one attached hydrogen (secondary N) is 2. The molecule has 0 aliphatic rings. The van der Waals surface area contributed by atoms with E-state index >= 15 is 0 Å². The highest BCUT2D eigenvalue weighted by Crippen LogP contribution is 2.22. The summed E-state index contributed by atoms with van der Waals surface area (Å²) < 4.78 is 30.9. The van der Waals surface area contributed by atoms with Crippen molar-refractivity contribution < 1.29 is 17.9 Å². The smallest absolute Gasteiger partial charge is 0.226 e. The van der Waals surface area contributed by atoms with E-state index in [0.717, 1.165) is 11.8 Å². The number of aryl methyl sites for hydroxylation is 1. The van der Waals surface area contributed by atoms with Crippen LogP contribution in [0.4, 0.5) is 5.69 Å². The monoisotopic (exact) mass is 362 g/mol. The van der Waals surface area contributed by atoms with Crippen LogP contribution in [0.3, 0.4) is 0 Å². The van der Waals surface area contributed by atoms with E-state index in [2.05, 4.69) is 10.0 Å². The van der Waals surface area contributed by atoms with Gasteiger partial charge in [-0.3, -0.25) is 4.79 Å². The van der Waals surface area contributed by atoms with Crippen molar-refractivity contribution in [2.24, 2.45) is 0 Å². The summed E-state index contributed by atoms with van der Waals surface area (Å²) in [5, 5.41) is 2.79. The molecule has 0 aliphatic carbocycles. The molecule has 25 heavy (non-hydrogen) atoms. The van der Waals surface area contributed by atoms with Gasteiger partial charge in [-0.2, -0.15) is 0 Å². The Morgan fingerprint density at radius 1 is 1.16 bits per heavy atom. The molecule has 134 valence electrons. The molecule has 0 saturated carbocycles. The number of methoxy groups -OCH3 is 1. The zero-order valence-electron chi connectivity index (χ0n) is 14.4. The number of anilines is 1. The van der Waals surface area contributed by atoms with Crippen LogP contribution in [0, 0.1) is 6.92 Å². The van der Waals surface area contributed by atoms with Crippen LogP contribution in [0.1, 0.15) is 23.6 Å². The minimum absolute atomic E-state index is 0.0205. The normalized spacial score (nSPS) is 12.4. The van der Waals surface area contributed by atoms with E-state index in [1.165, 1.54) is 0 Å². The largest absolute Gasteiger partial charge is 0.497 e. The summed E-state index contributed by atoms with van der Waals surface area (Å²) in [6, 6.07) is 13.7. The first kappa shape index (κ1) is 19.0. The molecule has 0 aromatic heterocycles. The Morgan fingerprint density at radius 3 is 2.40 bits per heavy atom. The van der Waals surface area contributed by atoms with Gasteiger partial charge in [0.1, 0.15) is 5.75 Å². The van der Waals surface area contributed by atoms with Crippen molar-refractivity contribution in [1.29, 1.82) is 0 Å². The molecule has 2 rings (SSSR count). The van der Waals surface area contributed by atoms with Gasteiger partial charge in [0.25, 0.3) is 0 Å². The number of sulfonamides is 1. The van der Waals surface area contributed by atoms with Gasteiger partial charge in [0, 0.05) is 12.1 Å². The van der Waals surface area contributed by atoms with Gasteiger partial charge in [-0.05, 0) is 42.3 Å². The fourth-order valence-corrected chi connectivity index (χ4v) is 3.18. The van der Waals surface area contributed by atoms with Crippen LogP contribution < -0.4 is 14.8 Å². The zero-order valence-corrected chi connectivity index (χ0v) is 15.3. The van der Waals surface area contributed by atoms with E-state index in [-0.39, 0.29) is 12.3 Å². The van der Waals surface area contributed by atoms with Crippen LogP contribution in [0.5, 0.6) is 5.75 Å². The quantitative estimate of drug-likeness (QED) is 0.793. The van der Waals surface area contributed by atoms with Crippen molar-refractivity contribution >= 4 is 21.6 Å². The van der Waals surface area contributed by atoms with Gasteiger partial charge in [0.15, 0.2) is 0 Å². The Hall–Kier alpha value is -2.38. The maximum Gasteiger partial charge on any atom is 0.226 e. The SMILES string of the molecule is COc1ccc([C@@H](CC(=O)Nc2cccc(C)c2)NS(C)(=O)=O)cc1. The van der Waals surface area contributed by atoms with E-state index in [0.29, 0.717) is 17.0 Å². The molecule has 7 heteroatoms. The Balaban J connectivity index is 2.15. The molecular formula is C18H22N2O4S. The molecule has 0 saturated heterocycles. The van der Waals surface area contributed by atoms with E-state index < -0.39 is 16.1 Å². The second kappa shape index (κ2) is 8.13. The average Bonchev–Trinajstić information content (AvgIpc) is 2.53. The molecule has 0 spiro atoms. The standard InChI is InChI=1S/C18H22N2O4S/c1-13-5-4-6-15(11-13)19-18(21)12-17(20-25(3,22)23)14-7-9-16(24-2)10-8-14/h4-11,17,20H,12H2,1-3H3,(H,19,21)/t17-/m1/s1. The second-order valence-corrected chi connectivity index (χ2v) is 7.62. The Labute approximate surface area is 148 Å². The second-order valence-electron chi connectivity index (χ2n) is 5.84. The third-order valence-corrected chi connectivity index (χ3v) is 4.28. The lowest BCUT2D eigenvalue weighted by Crippen LogP contribution is -2.30. The van der Waals surface area contributed by atoms with Crippen molar-refractivity contribution in [3.8, 4) is 5.75 Å². The highest BCUT2D eigenvalue weighted by molar-refractivity contribution is 7.88. The number of ether oxygens (including phenoxy) is 1. The van der Waals surface area contributed by atoms with Crippen LogP contribution in [0.15, 0.2) is 48.5 Å². The fraction of sp³-hybridized carbons (Fsp3) is 0.278. The summed E-state index contributed by atoms with van der Waals surface area (Å²) >= 11 is 0. The van der Waals surface area contributed by atoms with Gasteiger partial charge in [-0.25, -0.2) is 13.1 Å². The van der Waals surface area contributed by atoms with E-state index in [9.17, 15) is 13.2 Å². The summed E-state index contributed by atoms with van der Waals surface area (Å²) in [6.07, 6.45) is 1.05. The molecule has 2 aromatic carbocycles. The van der Waals surface area contributed by atoms with Crippen LogP contribution in [-0.2, 0) is 14.8 Å². The number of benzene rings is 2. The minimum Gasteiger partial charge on any atom is -0.497 e. The first-order chi connectivity index (χ1) is 11.8. The molecule has 0 aliphatic heterocycles. The zero-order chi connectivity index (χ0) is 18.4. The number of hydrogen-bond donors (Lipinski definition) is 2. The third kappa shape index (κ3) is 6.21. The van der Waals surface area contributed by atoms with Gasteiger partial charge in [-0.1, -0.05) is 24.3 Å². The lowest BCUT2D eigenvalue weighted by Gasteiger charge is -2.18. The van der Waals surface area contributed by atoms with Gasteiger partial charge < -0.3 is 10.1 Å². The highest BCUT2D eigenvalue weighted by Gasteiger charge is 2.20. The van der Waals surface area contributed by atoms with Crippen molar-refractivity contribution in [3.05, 3.63) is 59.7 Å². The maximum absolute atomic E-state index is 12.3. The molecule has 2 aromatic rings. The lowest BCUT2D eigenvalue weighted by atomic mass is 10.0. The first-order valence-corrected chi connectivity index (χ1v) is 9.64. The molecule has 0 heterocycles. The van der Waals surface area contributed by atoms with Crippen molar-refractivity contribution in [3.63, 3.8) is 0 Å². The summed E-state index contributed by atoms with van der Waals surface area (Å²) in [5.41, 5.74) is 2.39. The molecule has 0 fully saturated rings.